The van der Waals surface area contributed by atoms with Crippen molar-refractivity contribution in [3.8, 4) is 5.75 Å². The number of benzene rings is 2. The largest absolute Gasteiger partial charge is 0.489 e. The van der Waals surface area contributed by atoms with E-state index in [1.807, 2.05) is 36.4 Å². The number of rotatable bonds is 5. The number of nitrogens with two attached hydrogens (primary N) is 2. The zero-order valence-electron chi connectivity index (χ0n) is 10.6. The lowest BCUT2D eigenvalue weighted by molar-refractivity contribution is 0.301. The first kappa shape index (κ1) is 13.9. The van der Waals surface area contributed by atoms with E-state index in [4.69, 9.17) is 27.8 Å². The number of hydrogen-bond acceptors (Lipinski definition) is 3. The van der Waals surface area contributed by atoms with E-state index in [2.05, 4.69) is 0 Å². The van der Waals surface area contributed by atoms with E-state index in [0.717, 1.165) is 16.9 Å². The Labute approximate surface area is 118 Å². The molecule has 0 aromatic heterocycles. The molecule has 19 heavy (non-hydrogen) atoms. The zero-order chi connectivity index (χ0) is 13.7. The third kappa shape index (κ3) is 3.70. The molecule has 0 saturated heterocycles. The van der Waals surface area contributed by atoms with Gasteiger partial charge in [-0.2, -0.15) is 0 Å². The highest BCUT2D eigenvalue weighted by molar-refractivity contribution is 6.30. The van der Waals surface area contributed by atoms with Crippen molar-refractivity contribution in [3.05, 3.63) is 64.7 Å². The summed E-state index contributed by atoms with van der Waals surface area (Å²) in [7, 11) is 0. The van der Waals surface area contributed by atoms with E-state index in [0.29, 0.717) is 18.2 Å². The van der Waals surface area contributed by atoms with Gasteiger partial charge in [0, 0.05) is 23.2 Å². The van der Waals surface area contributed by atoms with E-state index in [1.165, 1.54) is 0 Å². The Bertz CT molecular complexity index is 531. The Morgan fingerprint density at radius 3 is 2.53 bits per heavy atom. The maximum absolute atomic E-state index is 5.98. The zero-order valence-corrected chi connectivity index (χ0v) is 11.3. The Hall–Kier alpha value is -1.55. The first-order valence-electron chi connectivity index (χ1n) is 6.12. The molecule has 0 radical (unpaired) electrons. The summed E-state index contributed by atoms with van der Waals surface area (Å²) in [5, 5.41) is 0.631. The fraction of sp³-hybridized carbons (Fsp3) is 0.200. The highest BCUT2D eigenvalue weighted by Gasteiger charge is 2.11. The molecule has 0 bridgehead atoms. The van der Waals surface area contributed by atoms with Gasteiger partial charge in [-0.15, -0.1) is 0 Å². The minimum absolute atomic E-state index is 0.274. The van der Waals surface area contributed by atoms with Gasteiger partial charge < -0.3 is 16.2 Å². The monoisotopic (exact) mass is 276 g/mol. The Morgan fingerprint density at radius 2 is 1.84 bits per heavy atom. The first-order chi connectivity index (χ1) is 9.20. The molecule has 0 saturated carbocycles. The fourth-order valence-electron chi connectivity index (χ4n) is 1.80. The van der Waals surface area contributed by atoms with Gasteiger partial charge in [0.25, 0.3) is 0 Å². The van der Waals surface area contributed by atoms with Gasteiger partial charge in [-0.25, -0.2) is 0 Å². The van der Waals surface area contributed by atoms with E-state index in [1.54, 1.807) is 12.1 Å². The molecule has 3 nitrogen and oxygen atoms in total. The van der Waals surface area contributed by atoms with Crippen molar-refractivity contribution < 1.29 is 4.74 Å². The molecule has 0 fully saturated rings. The molecule has 2 aromatic rings. The molecule has 0 aliphatic rings. The van der Waals surface area contributed by atoms with Crippen LogP contribution in [0.2, 0.25) is 5.02 Å². The molecule has 0 spiro atoms. The van der Waals surface area contributed by atoms with Crippen LogP contribution in [-0.2, 0) is 6.61 Å². The minimum atomic E-state index is -0.274. The van der Waals surface area contributed by atoms with E-state index < -0.39 is 0 Å². The quantitative estimate of drug-likeness (QED) is 0.883. The molecule has 0 aliphatic heterocycles. The molecule has 1 unspecified atom stereocenters. The topological polar surface area (TPSA) is 61.3 Å². The van der Waals surface area contributed by atoms with Crippen molar-refractivity contribution in [2.75, 3.05) is 6.54 Å². The van der Waals surface area contributed by atoms with Gasteiger partial charge in [0.15, 0.2) is 0 Å². The van der Waals surface area contributed by atoms with Crippen LogP contribution in [0.4, 0.5) is 0 Å². The Balaban J connectivity index is 2.15. The maximum Gasteiger partial charge on any atom is 0.124 e. The van der Waals surface area contributed by atoms with Gasteiger partial charge in [-0.3, -0.25) is 0 Å². The summed E-state index contributed by atoms with van der Waals surface area (Å²) in [6.45, 7) is 0.842. The van der Waals surface area contributed by atoms with Crippen LogP contribution in [0.1, 0.15) is 17.2 Å². The SMILES string of the molecule is NCC(N)c1cc(Cl)ccc1OCc1ccccc1. The van der Waals surface area contributed by atoms with Gasteiger partial charge in [0.1, 0.15) is 12.4 Å². The van der Waals surface area contributed by atoms with Crippen LogP contribution in [0.3, 0.4) is 0 Å². The van der Waals surface area contributed by atoms with Crippen LogP contribution < -0.4 is 16.2 Å². The van der Waals surface area contributed by atoms with E-state index >= 15 is 0 Å². The molecule has 2 aromatic carbocycles. The predicted octanol–water partition coefficient (Wildman–Crippen LogP) is 2.88. The molecule has 100 valence electrons. The van der Waals surface area contributed by atoms with Crippen LogP contribution in [0, 0.1) is 0 Å². The summed E-state index contributed by atoms with van der Waals surface area (Å²) >= 11 is 5.98. The molecule has 0 heterocycles. The standard InChI is InChI=1S/C15H17ClN2O/c16-12-6-7-15(13(8-12)14(18)9-17)19-10-11-4-2-1-3-5-11/h1-8,14H,9-10,17-18H2. The van der Waals surface area contributed by atoms with Gasteiger partial charge in [0.2, 0.25) is 0 Å². The second kappa shape index (κ2) is 6.57. The van der Waals surface area contributed by atoms with Crippen molar-refractivity contribution in [2.45, 2.75) is 12.6 Å². The minimum Gasteiger partial charge on any atom is -0.489 e. The second-order valence-electron chi connectivity index (χ2n) is 4.30. The lowest BCUT2D eigenvalue weighted by Gasteiger charge is -2.16. The third-order valence-corrected chi connectivity index (χ3v) is 3.10. The third-order valence-electron chi connectivity index (χ3n) is 2.86. The molecule has 1 atom stereocenters. The summed E-state index contributed by atoms with van der Waals surface area (Å²) in [5.74, 6) is 0.728. The molecular formula is C15H17ClN2O. The smallest absolute Gasteiger partial charge is 0.124 e. The lowest BCUT2D eigenvalue weighted by atomic mass is 10.1. The van der Waals surface area contributed by atoms with Gasteiger partial charge in [0.05, 0.1) is 0 Å². The van der Waals surface area contributed by atoms with Crippen molar-refractivity contribution in [1.82, 2.24) is 0 Å². The predicted molar refractivity (Wildman–Crippen MR) is 78.2 cm³/mol. The average Bonchev–Trinajstić information content (AvgIpc) is 2.46. The number of hydrogen-bond donors (Lipinski definition) is 2. The molecule has 0 amide bonds. The average molecular weight is 277 g/mol. The molecule has 4 N–H and O–H groups in total. The number of ether oxygens (including phenoxy) is 1. The van der Waals surface area contributed by atoms with Crippen molar-refractivity contribution >= 4 is 11.6 Å². The Kier molecular flexibility index (Phi) is 4.80. The van der Waals surface area contributed by atoms with E-state index in [9.17, 15) is 0 Å². The summed E-state index contributed by atoms with van der Waals surface area (Å²) in [5.41, 5.74) is 13.5. The summed E-state index contributed by atoms with van der Waals surface area (Å²) < 4.78 is 5.81. The Morgan fingerprint density at radius 1 is 1.11 bits per heavy atom. The van der Waals surface area contributed by atoms with Gasteiger partial charge in [-0.05, 0) is 23.8 Å². The number of halogens is 1. The van der Waals surface area contributed by atoms with Crippen LogP contribution in [-0.4, -0.2) is 6.54 Å². The normalized spacial score (nSPS) is 12.2. The van der Waals surface area contributed by atoms with Crippen LogP contribution in [0.15, 0.2) is 48.5 Å². The van der Waals surface area contributed by atoms with Crippen LogP contribution >= 0.6 is 11.6 Å². The lowest BCUT2D eigenvalue weighted by Crippen LogP contribution is -2.21. The molecular weight excluding hydrogens is 260 g/mol. The second-order valence-corrected chi connectivity index (χ2v) is 4.74. The molecule has 2 rings (SSSR count). The molecule has 0 aliphatic carbocycles. The van der Waals surface area contributed by atoms with Crippen molar-refractivity contribution in [2.24, 2.45) is 11.5 Å². The van der Waals surface area contributed by atoms with E-state index in [-0.39, 0.29) is 6.04 Å². The summed E-state index contributed by atoms with van der Waals surface area (Å²) in [6.07, 6.45) is 0. The summed E-state index contributed by atoms with van der Waals surface area (Å²) in [4.78, 5) is 0. The highest BCUT2D eigenvalue weighted by Crippen LogP contribution is 2.27. The fourth-order valence-corrected chi connectivity index (χ4v) is 1.98. The van der Waals surface area contributed by atoms with Gasteiger partial charge in [-0.1, -0.05) is 41.9 Å². The van der Waals surface area contributed by atoms with Crippen molar-refractivity contribution in [1.29, 1.82) is 0 Å². The summed E-state index contributed by atoms with van der Waals surface area (Å²) in [6, 6.07) is 15.1. The van der Waals surface area contributed by atoms with Crippen LogP contribution in [0.5, 0.6) is 5.75 Å². The van der Waals surface area contributed by atoms with Crippen LogP contribution in [0.25, 0.3) is 0 Å². The molecule has 4 heteroatoms. The highest BCUT2D eigenvalue weighted by atomic mass is 35.5. The van der Waals surface area contributed by atoms with Gasteiger partial charge >= 0.3 is 0 Å². The maximum atomic E-state index is 5.98. The van der Waals surface area contributed by atoms with Crippen molar-refractivity contribution in [3.63, 3.8) is 0 Å². The first-order valence-corrected chi connectivity index (χ1v) is 6.50.